The second kappa shape index (κ2) is 10.0. The summed E-state index contributed by atoms with van der Waals surface area (Å²) in [5.41, 5.74) is 16.7. The largest absolute Gasteiger partial charge is 0.310 e. The van der Waals surface area contributed by atoms with E-state index < -0.39 is 0 Å². The van der Waals surface area contributed by atoms with Crippen molar-refractivity contribution in [2.75, 3.05) is 4.90 Å². The Morgan fingerprint density at radius 1 is 0.333 bits per heavy atom. The van der Waals surface area contributed by atoms with Crippen molar-refractivity contribution < 1.29 is 0 Å². The van der Waals surface area contributed by atoms with Gasteiger partial charge in [-0.15, -0.1) is 0 Å². The fourth-order valence-electron chi connectivity index (χ4n) is 8.21. The quantitative estimate of drug-likeness (QED) is 0.191. The van der Waals surface area contributed by atoms with Crippen molar-refractivity contribution in [2.45, 2.75) is 19.3 Å². The number of benzene rings is 8. The molecule has 0 unspecified atom stereocenters. The van der Waals surface area contributed by atoms with E-state index in [1.54, 1.807) is 0 Å². The molecular weight excluding hydrogens is 579 g/mol. The van der Waals surface area contributed by atoms with Crippen LogP contribution in [-0.4, -0.2) is 0 Å². The Kier molecular flexibility index (Phi) is 5.69. The first-order valence-electron chi connectivity index (χ1n) is 16.8. The smallest absolute Gasteiger partial charge is 0.0468 e. The minimum absolute atomic E-state index is 0.0754. The van der Waals surface area contributed by atoms with Gasteiger partial charge < -0.3 is 4.90 Å². The van der Waals surface area contributed by atoms with Crippen LogP contribution in [0.5, 0.6) is 0 Å². The van der Waals surface area contributed by atoms with Gasteiger partial charge in [0, 0.05) is 22.5 Å². The Morgan fingerprint density at radius 2 is 0.833 bits per heavy atom. The van der Waals surface area contributed by atoms with E-state index >= 15 is 0 Å². The van der Waals surface area contributed by atoms with Crippen LogP contribution in [0, 0.1) is 0 Å². The van der Waals surface area contributed by atoms with Gasteiger partial charge in [-0.3, -0.25) is 0 Å². The van der Waals surface area contributed by atoms with Crippen LogP contribution in [0.1, 0.15) is 25.0 Å². The topological polar surface area (TPSA) is 3.24 Å². The second-order valence-electron chi connectivity index (χ2n) is 13.8. The average Bonchev–Trinajstić information content (AvgIpc) is 3.36. The Hall–Kier alpha value is -5.92. The first-order chi connectivity index (χ1) is 23.5. The number of hydrogen-bond donors (Lipinski definition) is 0. The molecule has 0 heterocycles. The third kappa shape index (κ3) is 3.98. The Bertz CT molecular complexity index is 2570. The lowest BCUT2D eigenvalue weighted by atomic mass is 9.78. The first kappa shape index (κ1) is 27.2. The van der Waals surface area contributed by atoms with E-state index in [1.807, 2.05) is 0 Å². The van der Waals surface area contributed by atoms with Gasteiger partial charge >= 0.3 is 0 Å². The summed E-state index contributed by atoms with van der Waals surface area (Å²) in [6.07, 6.45) is 0. The molecule has 0 saturated heterocycles. The van der Waals surface area contributed by atoms with Crippen molar-refractivity contribution in [1.29, 1.82) is 0 Å². The van der Waals surface area contributed by atoms with Crippen molar-refractivity contribution >= 4 is 38.6 Å². The van der Waals surface area contributed by atoms with Crippen LogP contribution < -0.4 is 4.90 Å². The minimum atomic E-state index is -0.0754. The van der Waals surface area contributed by atoms with Crippen LogP contribution in [0.3, 0.4) is 0 Å². The Labute approximate surface area is 281 Å². The van der Waals surface area contributed by atoms with E-state index in [1.165, 1.54) is 82.9 Å². The van der Waals surface area contributed by atoms with E-state index in [0.29, 0.717) is 0 Å². The molecule has 0 amide bonds. The van der Waals surface area contributed by atoms with Crippen molar-refractivity contribution in [2.24, 2.45) is 0 Å². The molecule has 0 atom stereocenters. The highest BCUT2D eigenvalue weighted by molar-refractivity contribution is 6.12. The molecule has 0 bridgehead atoms. The molecule has 1 nitrogen and oxygen atoms in total. The molecule has 8 aromatic rings. The zero-order valence-electron chi connectivity index (χ0n) is 27.0. The summed E-state index contributed by atoms with van der Waals surface area (Å²) >= 11 is 0. The Balaban J connectivity index is 1.12. The molecule has 0 radical (unpaired) electrons. The lowest BCUT2D eigenvalue weighted by Gasteiger charge is -2.29. The average molecular weight is 612 g/mol. The standard InChI is InChI=1S/C47H33N/c1-47(2)45-15-9-8-14-39(45)40-23-22-38(29-46(40)47)48(36-19-16-31(17-20-36)30-10-4-3-5-11-30)37-21-18-34-27-43-41-25-32-12-6-7-13-33(32)26-42(41)44(43)28-35(34)24-37/h3-29H,1-2H3. The molecule has 2 aliphatic carbocycles. The van der Waals surface area contributed by atoms with Crippen molar-refractivity contribution in [1.82, 2.24) is 0 Å². The minimum Gasteiger partial charge on any atom is -0.310 e. The molecular formula is C47H33N. The molecule has 8 aromatic carbocycles. The van der Waals surface area contributed by atoms with Crippen LogP contribution in [0.4, 0.5) is 17.1 Å². The summed E-state index contributed by atoms with van der Waals surface area (Å²) in [7, 11) is 0. The number of nitrogens with zero attached hydrogens (tertiary/aromatic N) is 1. The molecule has 1 heteroatoms. The van der Waals surface area contributed by atoms with Gasteiger partial charge in [-0.25, -0.2) is 0 Å². The molecule has 0 fully saturated rings. The van der Waals surface area contributed by atoms with Gasteiger partial charge in [-0.05, 0) is 138 Å². The van der Waals surface area contributed by atoms with Crippen LogP contribution in [0.15, 0.2) is 164 Å². The fraction of sp³-hybridized carbons (Fsp3) is 0.0638. The number of anilines is 3. The maximum Gasteiger partial charge on any atom is 0.0468 e. The highest BCUT2D eigenvalue weighted by atomic mass is 15.1. The highest BCUT2D eigenvalue weighted by Gasteiger charge is 2.35. The van der Waals surface area contributed by atoms with Crippen LogP contribution in [0.2, 0.25) is 0 Å². The summed E-state index contributed by atoms with van der Waals surface area (Å²) in [5, 5.41) is 5.11. The number of fused-ring (bicyclic) bond motifs is 9. The lowest BCUT2D eigenvalue weighted by molar-refractivity contribution is 0.660. The van der Waals surface area contributed by atoms with Gasteiger partial charge in [0.15, 0.2) is 0 Å². The molecule has 0 spiro atoms. The van der Waals surface area contributed by atoms with E-state index in [9.17, 15) is 0 Å². The molecule has 10 rings (SSSR count). The van der Waals surface area contributed by atoms with E-state index in [2.05, 4.69) is 183 Å². The Morgan fingerprint density at radius 3 is 1.54 bits per heavy atom. The van der Waals surface area contributed by atoms with Crippen molar-refractivity contribution in [3.8, 4) is 44.5 Å². The zero-order chi connectivity index (χ0) is 32.0. The van der Waals surface area contributed by atoms with Gasteiger partial charge in [0.1, 0.15) is 0 Å². The first-order valence-corrected chi connectivity index (χ1v) is 16.8. The van der Waals surface area contributed by atoms with Crippen LogP contribution in [0.25, 0.3) is 66.1 Å². The summed E-state index contributed by atoms with van der Waals surface area (Å²) in [5.74, 6) is 0. The molecule has 0 saturated carbocycles. The molecule has 0 aromatic heterocycles. The molecule has 226 valence electrons. The monoisotopic (exact) mass is 611 g/mol. The number of hydrogen-bond acceptors (Lipinski definition) is 1. The molecule has 0 N–H and O–H groups in total. The molecule has 0 aliphatic heterocycles. The maximum absolute atomic E-state index is 2.42. The molecule has 48 heavy (non-hydrogen) atoms. The SMILES string of the molecule is CC1(C)c2ccccc2-c2ccc(N(c3ccc(-c4ccccc4)cc3)c3ccc4cc5c(cc4c3)-c3cc4ccccc4cc3-5)cc21. The zero-order valence-corrected chi connectivity index (χ0v) is 27.0. The van der Waals surface area contributed by atoms with Crippen LogP contribution >= 0.6 is 0 Å². The van der Waals surface area contributed by atoms with Gasteiger partial charge in [-0.1, -0.05) is 117 Å². The third-order valence-corrected chi connectivity index (χ3v) is 10.7. The summed E-state index contributed by atoms with van der Waals surface area (Å²) in [4.78, 5) is 2.42. The highest BCUT2D eigenvalue weighted by Crippen LogP contribution is 2.52. The van der Waals surface area contributed by atoms with Gasteiger partial charge in [0.05, 0.1) is 0 Å². The predicted molar refractivity (Wildman–Crippen MR) is 204 cm³/mol. The third-order valence-electron chi connectivity index (χ3n) is 10.7. The second-order valence-corrected chi connectivity index (χ2v) is 13.8. The van der Waals surface area contributed by atoms with E-state index in [-0.39, 0.29) is 5.41 Å². The van der Waals surface area contributed by atoms with E-state index in [0.717, 1.165) is 11.4 Å². The van der Waals surface area contributed by atoms with E-state index in [4.69, 9.17) is 0 Å². The summed E-state index contributed by atoms with van der Waals surface area (Å²) < 4.78 is 0. The van der Waals surface area contributed by atoms with Gasteiger partial charge in [-0.2, -0.15) is 0 Å². The normalized spacial score (nSPS) is 13.4. The van der Waals surface area contributed by atoms with Crippen molar-refractivity contribution in [3.05, 3.63) is 175 Å². The van der Waals surface area contributed by atoms with Gasteiger partial charge in [0.25, 0.3) is 0 Å². The lowest BCUT2D eigenvalue weighted by Crippen LogP contribution is -2.16. The number of rotatable bonds is 4. The molecule has 2 aliphatic rings. The van der Waals surface area contributed by atoms with Crippen LogP contribution in [-0.2, 0) is 5.41 Å². The maximum atomic E-state index is 2.42. The predicted octanol–water partition coefficient (Wildman–Crippen LogP) is 13.1. The summed E-state index contributed by atoms with van der Waals surface area (Å²) in [6.45, 7) is 4.71. The summed E-state index contributed by atoms with van der Waals surface area (Å²) in [6, 6.07) is 60.6. The van der Waals surface area contributed by atoms with Crippen molar-refractivity contribution in [3.63, 3.8) is 0 Å². The van der Waals surface area contributed by atoms with Gasteiger partial charge in [0.2, 0.25) is 0 Å². The fourth-order valence-corrected chi connectivity index (χ4v) is 8.21.